The van der Waals surface area contributed by atoms with E-state index in [1.165, 1.54) is 23.6 Å². The number of hydrogen-bond donors (Lipinski definition) is 4. The lowest BCUT2D eigenvalue weighted by Gasteiger charge is -2.30. The normalized spacial score (nSPS) is 18.1. The highest BCUT2D eigenvalue weighted by Gasteiger charge is 2.39. The van der Waals surface area contributed by atoms with E-state index in [1.54, 1.807) is 22.7 Å². The molecule has 4 atom stereocenters. The first kappa shape index (κ1) is 39.0. The molecule has 2 aliphatic rings. The molecule has 7 rings (SSSR count). The summed E-state index contributed by atoms with van der Waals surface area (Å²) in [6.45, 7) is 8.81. The number of aromatic amines is 2. The quantitative estimate of drug-likeness (QED) is 0.106. The van der Waals surface area contributed by atoms with Gasteiger partial charge in [0.25, 0.3) is 0 Å². The van der Waals surface area contributed by atoms with Crippen molar-refractivity contribution >= 4 is 56.1 Å². The van der Waals surface area contributed by atoms with Crippen molar-refractivity contribution in [1.29, 1.82) is 0 Å². The van der Waals surface area contributed by atoms with E-state index in [1.807, 2.05) is 49.9 Å². The van der Waals surface area contributed by atoms with Crippen LogP contribution in [0.3, 0.4) is 0 Å². The summed E-state index contributed by atoms with van der Waals surface area (Å²) in [4.78, 5) is 71.2. The monoisotopic (exact) mass is 800 g/mol. The third-order valence-corrected chi connectivity index (χ3v) is 12.9. The van der Waals surface area contributed by atoms with E-state index in [4.69, 9.17) is 19.4 Å². The maximum absolute atomic E-state index is 13.6. The molecule has 5 aromatic rings. The van der Waals surface area contributed by atoms with E-state index >= 15 is 0 Å². The number of ether oxygens (including phenoxy) is 2. The van der Waals surface area contributed by atoms with Gasteiger partial charge in [0.1, 0.15) is 23.7 Å². The number of benzene rings is 1. The Balaban J connectivity index is 1.05. The van der Waals surface area contributed by atoms with Gasteiger partial charge in [0.15, 0.2) is 0 Å². The van der Waals surface area contributed by atoms with Crippen LogP contribution < -0.4 is 10.6 Å². The van der Waals surface area contributed by atoms with Crippen LogP contribution in [-0.4, -0.2) is 93.1 Å². The largest absolute Gasteiger partial charge is 0.453 e. The van der Waals surface area contributed by atoms with Crippen molar-refractivity contribution in [2.75, 3.05) is 27.3 Å². The topological polar surface area (TPSA) is 175 Å². The van der Waals surface area contributed by atoms with Crippen molar-refractivity contribution in [3.8, 4) is 33.6 Å². The number of carbonyl (C=O) groups excluding carboxylic acids is 4. The molecule has 0 spiro atoms. The summed E-state index contributed by atoms with van der Waals surface area (Å²) in [6, 6.07) is 6.61. The van der Waals surface area contributed by atoms with Crippen LogP contribution in [0.4, 0.5) is 9.59 Å². The lowest BCUT2D eigenvalue weighted by molar-refractivity contribution is -0.136. The van der Waals surface area contributed by atoms with Crippen LogP contribution in [-0.2, 0) is 19.1 Å². The molecule has 6 heterocycles. The van der Waals surface area contributed by atoms with E-state index in [0.717, 1.165) is 71.0 Å². The van der Waals surface area contributed by atoms with Crippen molar-refractivity contribution in [2.24, 2.45) is 11.8 Å². The molecule has 296 valence electrons. The Bertz CT molecular complexity index is 2200. The Morgan fingerprint density at radius 3 is 1.64 bits per heavy atom. The zero-order valence-corrected chi connectivity index (χ0v) is 34.0. The summed E-state index contributed by atoms with van der Waals surface area (Å²) >= 11 is 3.39. The van der Waals surface area contributed by atoms with Gasteiger partial charge in [-0.2, -0.15) is 0 Å². The number of nitrogens with one attached hydrogen (secondary N) is 4. The van der Waals surface area contributed by atoms with Gasteiger partial charge >= 0.3 is 12.2 Å². The lowest BCUT2D eigenvalue weighted by Crippen LogP contribution is -2.51. The molecule has 16 heteroatoms. The minimum absolute atomic E-state index is 0.105. The fourth-order valence-corrected chi connectivity index (χ4v) is 10.2. The van der Waals surface area contributed by atoms with E-state index in [0.29, 0.717) is 13.1 Å². The second kappa shape index (κ2) is 16.5. The first-order valence-electron chi connectivity index (χ1n) is 19.0. The number of likely N-dealkylation sites (tertiary alicyclic amines) is 2. The summed E-state index contributed by atoms with van der Waals surface area (Å²) in [5.74, 6) is 0.982. The second-order valence-corrected chi connectivity index (χ2v) is 16.8. The van der Waals surface area contributed by atoms with Crippen LogP contribution in [0.1, 0.15) is 77.1 Å². The number of fused-ring (bicyclic) bond motifs is 1. The lowest BCUT2D eigenvalue weighted by atomic mass is 10.0. The number of imidazole rings is 2. The van der Waals surface area contributed by atoms with Crippen LogP contribution in [0.5, 0.6) is 0 Å². The van der Waals surface area contributed by atoms with Gasteiger partial charge in [-0.05, 0) is 48.6 Å². The number of rotatable bonds is 11. The molecule has 1 aromatic carbocycles. The first-order chi connectivity index (χ1) is 27.0. The predicted octanol–water partition coefficient (Wildman–Crippen LogP) is 7.50. The van der Waals surface area contributed by atoms with Crippen molar-refractivity contribution < 1.29 is 28.7 Å². The summed E-state index contributed by atoms with van der Waals surface area (Å²) in [6.07, 6.45) is 5.68. The van der Waals surface area contributed by atoms with E-state index in [-0.39, 0.29) is 35.7 Å². The Labute approximate surface area is 333 Å². The molecule has 2 saturated heterocycles. The molecule has 4 amide bonds. The molecule has 2 fully saturated rings. The number of methoxy groups -OCH3 is 2. The number of alkyl carbamates (subject to hydrolysis) is 2. The zero-order chi connectivity index (χ0) is 39.7. The second-order valence-electron chi connectivity index (χ2n) is 15.0. The molecule has 56 heavy (non-hydrogen) atoms. The number of thiophene rings is 2. The number of hydrogen-bond acceptors (Lipinski definition) is 10. The highest BCUT2D eigenvalue weighted by molar-refractivity contribution is 7.27. The molecule has 4 aromatic heterocycles. The molecular formula is C40H48N8O6S2. The highest BCUT2D eigenvalue weighted by atomic mass is 32.1. The predicted molar refractivity (Wildman–Crippen MR) is 216 cm³/mol. The minimum atomic E-state index is -0.688. The fourth-order valence-electron chi connectivity index (χ4n) is 7.72. The molecule has 4 N–H and O–H groups in total. The summed E-state index contributed by atoms with van der Waals surface area (Å²) in [7, 11) is 2.59. The van der Waals surface area contributed by atoms with Crippen molar-refractivity contribution in [2.45, 2.75) is 77.5 Å². The Morgan fingerprint density at radius 1 is 0.696 bits per heavy atom. The number of aromatic nitrogens is 4. The molecule has 0 bridgehead atoms. The third kappa shape index (κ3) is 7.63. The first-order valence-corrected chi connectivity index (χ1v) is 20.7. The molecule has 4 unspecified atom stereocenters. The number of amides is 4. The SMILES string of the molecule is COC(=O)NC(C(=O)N1CCCC1c1ncc(-c2ccc(-c3csc4c(-c5cnc(C6CCCN6C(=O)C(NC(=O)OC)C(C)C)[nH]5)csc34)cc2)[nH]1)C(C)C. The van der Waals surface area contributed by atoms with Crippen LogP contribution >= 0.6 is 22.7 Å². The minimum Gasteiger partial charge on any atom is -0.453 e. The van der Waals surface area contributed by atoms with Crippen LogP contribution in [0.25, 0.3) is 43.0 Å². The summed E-state index contributed by atoms with van der Waals surface area (Å²) in [5.41, 5.74) is 6.08. The van der Waals surface area contributed by atoms with Gasteiger partial charge in [0, 0.05) is 35.0 Å². The van der Waals surface area contributed by atoms with E-state index in [9.17, 15) is 19.2 Å². The van der Waals surface area contributed by atoms with Gasteiger partial charge in [-0.3, -0.25) is 9.59 Å². The Morgan fingerprint density at radius 2 is 1.14 bits per heavy atom. The van der Waals surface area contributed by atoms with Crippen molar-refractivity contribution in [1.82, 2.24) is 40.4 Å². The van der Waals surface area contributed by atoms with Crippen molar-refractivity contribution in [3.63, 3.8) is 0 Å². The summed E-state index contributed by atoms with van der Waals surface area (Å²) in [5, 5.41) is 9.75. The molecule has 0 aliphatic carbocycles. The number of nitrogens with zero attached hydrogens (tertiary/aromatic N) is 4. The smallest absolute Gasteiger partial charge is 0.407 e. The van der Waals surface area contributed by atoms with Crippen LogP contribution in [0.2, 0.25) is 0 Å². The van der Waals surface area contributed by atoms with Gasteiger partial charge in [-0.1, -0.05) is 52.0 Å². The number of H-pyrrole nitrogens is 2. The van der Waals surface area contributed by atoms with Gasteiger partial charge in [-0.25, -0.2) is 19.6 Å². The zero-order valence-electron chi connectivity index (χ0n) is 32.4. The maximum Gasteiger partial charge on any atom is 0.407 e. The number of carbonyl (C=O) groups is 4. The van der Waals surface area contributed by atoms with E-state index < -0.39 is 24.3 Å². The Hall–Kier alpha value is -5.22. The van der Waals surface area contributed by atoms with Gasteiger partial charge < -0.3 is 39.9 Å². The van der Waals surface area contributed by atoms with Gasteiger partial charge in [0.2, 0.25) is 11.8 Å². The molecule has 2 aliphatic heterocycles. The van der Waals surface area contributed by atoms with Gasteiger partial charge in [-0.15, -0.1) is 22.7 Å². The molecule has 0 radical (unpaired) electrons. The summed E-state index contributed by atoms with van der Waals surface area (Å²) < 4.78 is 11.9. The third-order valence-electron chi connectivity index (χ3n) is 10.8. The standard InChI is InChI=1S/C40H48N8O6S2/c1-21(2)31(45-39(51)53-5)37(49)47-15-7-9-29(47)35-41-17-27(43-35)24-13-11-23(12-14-24)25-19-55-34-26(20-56-33(25)34)28-18-42-36(44-28)30-10-8-16-48(30)38(50)32(22(3)4)46-40(52)54-6/h11-14,17-22,29-32H,7-10,15-16H2,1-6H3,(H,41,43)(H,42,44)(H,45,51)(H,46,52). The van der Waals surface area contributed by atoms with Crippen molar-refractivity contribution in [3.05, 3.63) is 59.1 Å². The maximum atomic E-state index is 13.6. The Kier molecular flexibility index (Phi) is 11.5. The molecule has 14 nitrogen and oxygen atoms in total. The fraction of sp³-hybridized carbons (Fsp3) is 0.450. The van der Waals surface area contributed by atoms with E-state index in [2.05, 4.69) is 55.6 Å². The van der Waals surface area contributed by atoms with Crippen LogP contribution in [0, 0.1) is 11.8 Å². The van der Waals surface area contributed by atoms with Gasteiger partial charge in [0.05, 0.1) is 59.5 Å². The molecule has 0 saturated carbocycles. The average molecular weight is 801 g/mol. The van der Waals surface area contributed by atoms with Crippen LogP contribution in [0.15, 0.2) is 47.4 Å². The highest BCUT2D eigenvalue weighted by Crippen LogP contribution is 2.44. The molecular weight excluding hydrogens is 753 g/mol. The average Bonchev–Trinajstić information content (AvgIpc) is 4.04.